The fourth-order valence-electron chi connectivity index (χ4n) is 1.60. The summed E-state index contributed by atoms with van der Waals surface area (Å²) < 4.78 is 5.24. The zero-order chi connectivity index (χ0) is 13.1. The van der Waals surface area contributed by atoms with E-state index in [9.17, 15) is 4.79 Å². The minimum absolute atomic E-state index is 0.0873. The van der Waals surface area contributed by atoms with Crippen LogP contribution in [0.2, 0.25) is 0 Å². The highest BCUT2D eigenvalue weighted by atomic mass is 32.1. The molecule has 0 aromatic carbocycles. The molecular weight excluding hydrogens is 280 g/mol. The van der Waals surface area contributed by atoms with Crippen molar-refractivity contribution in [3.63, 3.8) is 0 Å². The second kappa shape index (κ2) is 5.38. The first-order valence-electron chi connectivity index (χ1n) is 5.64. The smallest absolute Gasteiger partial charge is 0.261 e. The topological polar surface area (TPSA) is 55.1 Å². The van der Waals surface area contributed by atoms with Gasteiger partial charge < -0.3 is 9.84 Å². The summed E-state index contributed by atoms with van der Waals surface area (Å²) in [7, 11) is 0. The Morgan fingerprint density at radius 1 is 1.26 bits per heavy atom. The van der Waals surface area contributed by atoms with Crippen LogP contribution in [0.5, 0.6) is 0 Å². The van der Waals surface area contributed by atoms with Gasteiger partial charge >= 0.3 is 0 Å². The molecule has 6 heteroatoms. The Hall–Kier alpha value is -1.92. The predicted octanol–water partition coefficient (Wildman–Crippen LogP) is 3.39. The largest absolute Gasteiger partial charge is 0.355 e. The van der Waals surface area contributed by atoms with Crippen LogP contribution in [0.15, 0.2) is 45.6 Å². The van der Waals surface area contributed by atoms with Gasteiger partial charge in [-0.1, -0.05) is 17.3 Å². The van der Waals surface area contributed by atoms with Gasteiger partial charge in [-0.05, 0) is 22.9 Å². The van der Waals surface area contributed by atoms with Gasteiger partial charge in [-0.2, -0.15) is 0 Å². The predicted molar refractivity (Wildman–Crippen MR) is 75.3 cm³/mol. The fraction of sp³-hybridized carbons (Fsp3) is 0.0769. The molecule has 0 saturated carbocycles. The Morgan fingerprint density at radius 2 is 2.11 bits per heavy atom. The van der Waals surface area contributed by atoms with Crippen molar-refractivity contribution in [2.24, 2.45) is 0 Å². The molecule has 3 heterocycles. The standard InChI is InChI=1S/C13H10N2O2S2/c16-13(12-4-2-6-19-12)14-8-9-7-10(17-15-9)11-3-1-5-18-11/h1-7H,8H2,(H,14,16). The molecule has 1 N–H and O–H groups in total. The molecule has 0 atom stereocenters. The molecule has 0 unspecified atom stereocenters. The van der Waals surface area contributed by atoms with Crippen LogP contribution in [0.4, 0.5) is 0 Å². The maximum Gasteiger partial charge on any atom is 0.261 e. The van der Waals surface area contributed by atoms with Crippen molar-refractivity contribution in [2.75, 3.05) is 0 Å². The third-order valence-electron chi connectivity index (χ3n) is 2.50. The van der Waals surface area contributed by atoms with Crippen molar-refractivity contribution in [1.29, 1.82) is 0 Å². The van der Waals surface area contributed by atoms with E-state index in [0.29, 0.717) is 17.1 Å². The number of nitrogens with zero attached hydrogens (tertiary/aromatic N) is 1. The zero-order valence-corrected chi connectivity index (χ0v) is 11.5. The summed E-state index contributed by atoms with van der Waals surface area (Å²) in [5.74, 6) is 0.644. The SMILES string of the molecule is O=C(NCc1cc(-c2cccs2)on1)c1cccs1. The van der Waals surface area contributed by atoms with E-state index >= 15 is 0 Å². The Balaban J connectivity index is 1.63. The number of aromatic nitrogens is 1. The lowest BCUT2D eigenvalue weighted by Crippen LogP contribution is -2.21. The van der Waals surface area contributed by atoms with Crippen LogP contribution < -0.4 is 5.32 Å². The molecule has 0 radical (unpaired) electrons. The van der Waals surface area contributed by atoms with Gasteiger partial charge in [0.1, 0.15) is 5.69 Å². The molecule has 96 valence electrons. The number of carbonyl (C=O) groups excluding carboxylic acids is 1. The molecule has 19 heavy (non-hydrogen) atoms. The van der Waals surface area contributed by atoms with Crippen LogP contribution in [0.1, 0.15) is 15.4 Å². The average Bonchev–Trinajstić information content (AvgIpc) is 3.14. The quantitative estimate of drug-likeness (QED) is 0.801. The van der Waals surface area contributed by atoms with Crippen LogP contribution in [0.3, 0.4) is 0 Å². The van der Waals surface area contributed by atoms with E-state index in [1.807, 2.05) is 35.0 Å². The van der Waals surface area contributed by atoms with Gasteiger partial charge in [0, 0.05) is 6.07 Å². The number of nitrogens with one attached hydrogen (secondary N) is 1. The number of thiophene rings is 2. The lowest BCUT2D eigenvalue weighted by Gasteiger charge is -1.98. The van der Waals surface area contributed by atoms with Gasteiger partial charge in [-0.25, -0.2) is 0 Å². The lowest BCUT2D eigenvalue weighted by atomic mass is 10.3. The molecule has 3 aromatic rings. The van der Waals surface area contributed by atoms with E-state index in [1.165, 1.54) is 11.3 Å². The van der Waals surface area contributed by atoms with Gasteiger partial charge in [-0.3, -0.25) is 4.79 Å². The van der Waals surface area contributed by atoms with Crippen molar-refractivity contribution in [3.8, 4) is 10.6 Å². The summed E-state index contributed by atoms with van der Waals surface area (Å²) >= 11 is 3.01. The van der Waals surface area contributed by atoms with Crippen LogP contribution >= 0.6 is 22.7 Å². The third-order valence-corrected chi connectivity index (χ3v) is 4.25. The maximum atomic E-state index is 11.8. The van der Waals surface area contributed by atoms with Crippen LogP contribution in [0, 0.1) is 0 Å². The van der Waals surface area contributed by atoms with Crippen molar-refractivity contribution >= 4 is 28.6 Å². The molecule has 0 aliphatic rings. The summed E-state index contributed by atoms with van der Waals surface area (Å²) in [5, 5.41) is 10.6. The highest BCUT2D eigenvalue weighted by Crippen LogP contribution is 2.25. The Bertz CT molecular complexity index is 657. The molecule has 1 amide bonds. The minimum Gasteiger partial charge on any atom is -0.355 e. The first-order valence-corrected chi connectivity index (χ1v) is 7.40. The van der Waals surface area contributed by atoms with Gasteiger partial charge in [0.25, 0.3) is 5.91 Å². The molecule has 0 bridgehead atoms. The molecule has 3 rings (SSSR count). The van der Waals surface area contributed by atoms with Crippen LogP contribution in [0.25, 0.3) is 10.6 Å². The fourth-order valence-corrected chi connectivity index (χ4v) is 2.91. The highest BCUT2D eigenvalue weighted by Gasteiger charge is 2.10. The van der Waals surface area contributed by atoms with E-state index in [0.717, 1.165) is 10.6 Å². The summed E-state index contributed by atoms with van der Waals surface area (Å²) in [6.45, 7) is 0.367. The lowest BCUT2D eigenvalue weighted by molar-refractivity contribution is 0.0954. The number of rotatable bonds is 4. The Kier molecular flexibility index (Phi) is 3.43. The minimum atomic E-state index is -0.0873. The maximum absolute atomic E-state index is 11.8. The molecular formula is C13H10N2O2S2. The van der Waals surface area contributed by atoms with Crippen molar-refractivity contribution in [1.82, 2.24) is 10.5 Å². The molecule has 0 spiro atoms. The number of carbonyl (C=O) groups is 1. The summed E-state index contributed by atoms with van der Waals surface area (Å²) in [6.07, 6.45) is 0. The van der Waals surface area contributed by atoms with E-state index in [-0.39, 0.29) is 5.91 Å². The molecule has 0 aliphatic carbocycles. The third kappa shape index (κ3) is 2.74. The first kappa shape index (κ1) is 12.1. The first-order chi connectivity index (χ1) is 9.33. The van der Waals surface area contributed by atoms with Crippen molar-refractivity contribution in [3.05, 3.63) is 51.7 Å². The van der Waals surface area contributed by atoms with Crippen molar-refractivity contribution < 1.29 is 9.32 Å². The highest BCUT2D eigenvalue weighted by molar-refractivity contribution is 7.13. The number of hydrogen-bond acceptors (Lipinski definition) is 5. The van der Waals surface area contributed by atoms with E-state index in [2.05, 4.69) is 10.5 Å². The van der Waals surface area contributed by atoms with Gasteiger partial charge in [0.2, 0.25) is 0 Å². The average molecular weight is 290 g/mol. The number of hydrogen-bond donors (Lipinski definition) is 1. The molecule has 0 aliphatic heterocycles. The number of amides is 1. The monoisotopic (exact) mass is 290 g/mol. The van der Waals surface area contributed by atoms with Gasteiger partial charge in [0.15, 0.2) is 5.76 Å². The van der Waals surface area contributed by atoms with E-state index < -0.39 is 0 Å². The normalized spacial score (nSPS) is 10.5. The molecule has 4 nitrogen and oxygen atoms in total. The second-order valence-electron chi connectivity index (χ2n) is 3.82. The van der Waals surface area contributed by atoms with Gasteiger partial charge in [0.05, 0.1) is 16.3 Å². The van der Waals surface area contributed by atoms with Crippen molar-refractivity contribution in [2.45, 2.75) is 6.54 Å². The van der Waals surface area contributed by atoms with E-state index in [4.69, 9.17) is 4.52 Å². The second-order valence-corrected chi connectivity index (χ2v) is 5.72. The summed E-state index contributed by atoms with van der Waals surface area (Å²) in [4.78, 5) is 13.5. The van der Waals surface area contributed by atoms with Crippen LogP contribution in [-0.4, -0.2) is 11.1 Å². The molecule has 0 saturated heterocycles. The Labute approximate surface area is 117 Å². The van der Waals surface area contributed by atoms with E-state index in [1.54, 1.807) is 17.4 Å². The summed E-state index contributed by atoms with van der Waals surface area (Å²) in [6, 6.07) is 9.42. The Morgan fingerprint density at radius 3 is 2.84 bits per heavy atom. The van der Waals surface area contributed by atoms with Crippen LogP contribution in [-0.2, 0) is 6.54 Å². The van der Waals surface area contributed by atoms with Gasteiger partial charge in [-0.15, -0.1) is 22.7 Å². The zero-order valence-electron chi connectivity index (χ0n) is 9.83. The molecule has 3 aromatic heterocycles. The molecule has 0 fully saturated rings. The summed E-state index contributed by atoms with van der Waals surface area (Å²) in [5.41, 5.74) is 0.716.